The fourth-order valence-electron chi connectivity index (χ4n) is 2.85. The fourth-order valence-corrected chi connectivity index (χ4v) is 2.85. The van der Waals surface area contributed by atoms with Crippen molar-refractivity contribution < 1.29 is 9.94 Å². The summed E-state index contributed by atoms with van der Waals surface area (Å²) in [5.74, 6) is 0. The summed E-state index contributed by atoms with van der Waals surface area (Å²) in [5, 5.41) is 11.5. The Balaban J connectivity index is 2.14. The van der Waals surface area contributed by atoms with Gasteiger partial charge in [-0.15, -0.1) is 0 Å². The quantitative estimate of drug-likeness (QED) is 0.367. The van der Waals surface area contributed by atoms with E-state index in [1.807, 2.05) is 36.4 Å². The Bertz CT molecular complexity index is 777. The molecule has 0 radical (unpaired) electrons. The topological polar surface area (TPSA) is 24.1 Å². The van der Waals surface area contributed by atoms with Crippen LogP contribution in [0.25, 0.3) is 22.2 Å². The Morgan fingerprint density at radius 2 is 1.67 bits per heavy atom. The van der Waals surface area contributed by atoms with Crippen molar-refractivity contribution in [2.45, 2.75) is 6.42 Å². The molecule has 1 aliphatic rings. The maximum atomic E-state index is 10.4. The van der Waals surface area contributed by atoms with Gasteiger partial charge in [0, 0.05) is 22.8 Å². The minimum Gasteiger partial charge on any atom is -0.284 e. The molecular formula is C16H12NO+. The van der Waals surface area contributed by atoms with Gasteiger partial charge >= 0.3 is 0 Å². The molecule has 0 unspecified atom stereocenters. The van der Waals surface area contributed by atoms with Gasteiger partial charge in [-0.25, -0.2) is 0 Å². The first-order chi connectivity index (χ1) is 8.84. The number of pyridine rings is 1. The van der Waals surface area contributed by atoms with E-state index in [9.17, 15) is 5.21 Å². The van der Waals surface area contributed by atoms with Crippen molar-refractivity contribution in [1.29, 1.82) is 0 Å². The van der Waals surface area contributed by atoms with E-state index in [4.69, 9.17) is 0 Å². The summed E-state index contributed by atoms with van der Waals surface area (Å²) >= 11 is 0. The molecule has 0 spiro atoms. The van der Waals surface area contributed by atoms with Crippen molar-refractivity contribution in [2.75, 3.05) is 0 Å². The highest BCUT2D eigenvalue weighted by Gasteiger charge is 2.30. The van der Waals surface area contributed by atoms with Crippen molar-refractivity contribution in [1.82, 2.24) is 0 Å². The van der Waals surface area contributed by atoms with Gasteiger partial charge < -0.3 is 0 Å². The van der Waals surface area contributed by atoms with E-state index in [0.717, 1.165) is 28.6 Å². The van der Waals surface area contributed by atoms with Gasteiger partial charge in [-0.05, 0) is 23.8 Å². The Hall–Kier alpha value is -2.35. The monoisotopic (exact) mass is 234 g/mol. The van der Waals surface area contributed by atoms with E-state index in [0.29, 0.717) is 0 Å². The first-order valence-electron chi connectivity index (χ1n) is 6.09. The van der Waals surface area contributed by atoms with Crippen molar-refractivity contribution in [3.63, 3.8) is 0 Å². The lowest BCUT2D eigenvalue weighted by Gasteiger charge is -2.00. The van der Waals surface area contributed by atoms with Crippen LogP contribution in [0.4, 0.5) is 0 Å². The number of aromatic nitrogens is 1. The second kappa shape index (κ2) is 3.33. The lowest BCUT2D eigenvalue weighted by Crippen LogP contribution is -2.34. The van der Waals surface area contributed by atoms with Crippen LogP contribution in [0.2, 0.25) is 0 Å². The normalized spacial score (nSPS) is 12.4. The number of rotatable bonds is 0. The van der Waals surface area contributed by atoms with Gasteiger partial charge in [-0.2, -0.15) is 0 Å². The van der Waals surface area contributed by atoms with Gasteiger partial charge in [0.2, 0.25) is 0 Å². The Morgan fingerprint density at radius 1 is 0.889 bits per heavy atom. The molecule has 1 N–H and O–H groups in total. The predicted molar refractivity (Wildman–Crippen MR) is 69.6 cm³/mol. The van der Waals surface area contributed by atoms with Crippen LogP contribution in [0, 0.1) is 0 Å². The van der Waals surface area contributed by atoms with Crippen molar-refractivity contribution in [2.24, 2.45) is 0 Å². The Kier molecular flexibility index (Phi) is 1.78. The van der Waals surface area contributed by atoms with Crippen LogP contribution < -0.4 is 4.73 Å². The van der Waals surface area contributed by atoms with Gasteiger partial charge in [0.1, 0.15) is 0 Å². The van der Waals surface area contributed by atoms with Crippen LogP contribution in [0.15, 0.2) is 54.6 Å². The molecule has 0 bridgehead atoms. The molecule has 0 atom stereocenters. The molecule has 0 saturated carbocycles. The molecule has 2 aromatic carbocycles. The average Bonchev–Trinajstić information content (AvgIpc) is 2.77. The molecule has 86 valence electrons. The number of fused-ring (bicyclic) bond motifs is 4. The summed E-state index contributed by atoms with van der Waals surface area (Å²) in [6.07, 6.45) is 0.900. The molecule has 0 saturated heterocycles. The van der Waals surface area contributed by atoms with Crippen LogP contribution in [0.5, 0.6) is 0 Å². The third-order valence-electron chi connectivity index (χ3n) is 3.66. The van der Waals surface area contributed by atoms with E-state index in [1.54, 1.807) is 0 Å². The number of nitrogens with zero attached hydrogens (tertiary/aromatic N) is 1. The second-order valence-electron chi connectivity index (χ2n) is 4.72. The second-order valence-corrected chi connectivity index (χ2v) is 4.72. The zero-order valence-corrected chi connectivity index (χ0v) is 9.80. The van der Waals surface area contributed by atoms with Crippen LogP contribution in [-0.4, -0.2) is 5.21 Å². The average molecular weight is 234 g/mol. The SMILES string of the molecule is O[n+]1c2c(cc3ccccc31)Cc1ccccc1-2. The van der Waals surface area contributed by atoms with Gasteiger partial charge in [-0.3, -0.25) is 5.21 Å². The highest BCUT2D eigenvalue weighted by Crippen LogP contribution is 2.35. The number of para-hydroxylation sites is 1. The molecule has 1 aromatic heterocycles. The summed E-state index contributed by atoms with van der Waals surface area (Å²) in [7, 11) is 0. The van der Waals surface area contributed by atoms with Crippen LogP contribution in [0.3, 0.4) is 0 Å². The summed E-state index contributed by atoms with van der Waals surface area (Å²) in [6.45, 7) is 0. The van der Waals surface area contributed by atoms with Gasteiger partial charge in [0.15, 0.2) is 0 Å². The zero-order chi connectivity index (χ0) is 12.1. The summed E-state index contributed by atoms with van der Waals surface area (Å²) in [5.41, 5.74) is 5.40. The van der Waals surface area contributed by atoms with E-state index in [2.05, 4.69) is 18.2 Å². The zero-order valence-electron chi connectivity index (χ0n) is 9.80. The fraction of sp³-hybridized carbons (Fsp3) is 0.0625. The Labute approximate surface area is 105 Å². The summed E-state index contributed by atoms with van der Waals surface area (Å²) in [4.78, 5) is 0. The van der Waals surface area contributed by atoms with Gasteiger partial charge in [0.05, 0.1) is 10.9 Å². The molecule has 0 fully saturated rings. The lowest BCUT2D eigenvalue weighted by atomic mass is 10.1. The molecule has 1 aliphatic carbocycles. The van der Waals surface area contributed by atoms with Crippen LogP contribution in [-0.2, 0) is 6.42 Å². The highest BCUT2D eigenvalue weighted by molar-refractivity contribution is 5.82. The van der Waals surface area contributed by atoms with E-state index < -0.39 is 0 Å². The largest absolute Gasteiger partial charge is 0.284 e. The van der Waals surface area contributed by atoms with E-state index >= 15 is 0 Å². The first kappa shape index (κ1) is 9.66. The molecule has 2 nitrogen and oxygen atoms in total. The Morgan fingerprint density at radius 3 is 2.61 bits per heavy atom. The molecule has 0 amide bonds. The molecule has 3 aromatic rings. The third-order valence-corrected chi connectivity index (χ3v) is 3.66. The smallest absolute Gasteiger partial charge is 0.269 e. The maximum Gasteiger partial charge on any atom is 0.269 e. The first-order valence-corrected chi connectivity index (χ1v) is 6.09. The molecule has 1 heterocycles. The molecular weight excluding hydrogens is 222 g/mol. The standard InChI is InChI=1S/C16H12NO/c18-17-15-8-4-2-6-12(15)10-13-9-11-5-1-3-7-14(11)16(13)17/h1-8,10,18H,9H2/q+1. The molecule has 2 heteroatoms. The number of benzene rings is 2. The number of hydrogen-bond acceptors (Lipinski definition) is 1. The summed E-state index contributed by atoms with van der Waals surface area (Å²) in [6, 6.07) is 18.4. The minimum atomic E-state index is 0.855. The predicted octanol–water partition coefficient (Wildman–Crippen LogP) is 2.94. The van der Waals surface area contributed by atoms with Crippen molar-refractivity contribution in [3.05, 3.63) is 65.7 Å². The number of hydrogen-bond donors (Lipinski definition) is 1. The molecule has 4 rings (SSSR count). The minimum absolute atomic E-state index is 0.855. The van der Waals surface area contributed by atoms with Crippen LogP contribution >= 0.6 is 0 Å². The highest BCUT2D eigenvalue weighted by atomic mass is 16.5. The summed E-state index contributed by atoms with van der Waals surface area (Å²) < 4.78 is 1.33. The molecule has 18 heavy (non-hydrogen) atoms. The third kappa shape index (κ3) is 1.15. The lowest BCUT2D eigenvalue weighted by molar-refractivity contribution is -0.876. The molecule has 0 aliphatic heterocycles. The van der Waals surface area contributed by atoms with Crippen molar-refractivity contribution >= 4 is 10.9 Å². The van der Waals surface area contributed by atoms with Crippen molar-refractivity contribution in [3.8, 4) is 11.3 Å². The van der Waals surface area contributed by atoms with Gasteiger partial charge in [-0.1, -0.05) is 30.3 Å². The van der Waals surface area contributed by atoms with E-state index in [1.165, 1.54) is 15.9 Å². The van der Waals surface area contributed by atoms with E-state index in [-0.39, 0.29) is 0 Å². The van der Waals surface area contributed by atoms with Crippen LogP contribution in [0.1, 0.15) is 11.1 Å². The maximum absolute atomic E-state index is 10.4. The van der Waals surface area contributed by atoms with Gasteiger partial charge in [0.25, 0.3) is 11.2 Å².